The smallest absolute Gasteiger partial charge is 0.271 e. The van der Waals surface area contributed by atoms with Crippen molar-refractivity contribution < 1.29 is 4.92 Å². The van der Waals surface area contributed by atoms with Crippen molar-refractivity contribution in [2.24, 2.45) is 0 Å². The number of benzene rings is 2. The van der Waals surface area contributed by atoms with Crippen LogP contribution in [0.4, 0.5) is 5.69 Å². The molecule has 0 saturated heterocycles. The van der Waals surface area contributed by atoms with E-state index in [2.05, 4.69) is 0 Å². The van der Waals surface area contributed by atoms with Gasteiger partial charge in [0.25, 0.3) is 5.69 Å². The topological polar surface area (TPSA) is 48.1 Å². The summed E-state index contributed by atoms with van der Waals surface area (Å²) < 4.78 is 2.03. The minimum absolute atomic E-state index is 0.109. The molecule has 0 amide bonds. The average molecular weight is 301 g/mol. The minimum Gasteiger partial charge on any atom is -0.343 e. The summed E-state index contributed by atoms with van der Waals surface area (Å²) in [7, 11) is 0. The van der Waals surface area contributed by atoms with E-state index in [1.807, 2.05) is 42.0 Å². The van der Waals surface area contributed by atoms with Gasteiger partial charge in [-0.1, -0.05) is 23.7 Å². The van der Waals surface area contributed by atoms with Crippen molar-refractivity contribution >= 4 is 28.2 Å². The molecule has 5 heteroatoms. The molecule has 3 aromatic rings. The molecule has 0 radical (unpaired) electrons. The van der Waals surface area contributed by atoms with E-state index < -0.39 is 0 Å². The molecule has 0 saturated carbocycles. The second-order valence-electron chi connectivity index (χ2n) is 5.03. The Kier molecular flexibility index (Phi) is 3.39. The zero-order valence-electron chi connectivity index (χ0n) is 11.4. The quantitative estimate of drug-likeness (QED) is 0.526. The lowest BCUT2D eigenvalue weighted by Gasteiger charge is -2.06. The van der Waals surface area contributed by atoms with Crippen LogP contribution in [0, 0.1) is 17.0 Å². The van der Waals surface area contributed by atoms with Gasteiger partial charge in [-0.25, -0.2) is 0 Å². The number of hydrogen-bond acceptors (Lipinski definition) is 2. The van der Waals surface area contributed by atoms with Crippen molar-refractivity contribution in [1.29, 1.82) is 0 Å². The summed E-state index contributed by atoms with van der Waals surface area (Å²) in [4.78, 5) is 10.6. The van der Waals surface area contributed by atoms with Crippen LogP contribution in [0.15, 0.2) is 48.7 Å². The second-order valence-corrected chi connectivity index (χ2v) is 5.46. The largest absolute Gasteiger partial charge is 0.343 e. The predicted molar refractivity (Wildman–Crippen MR) is 83.9 cm³/mol. The maximum atomic E-state index is 10.9. The van der Waals surface area contributed by atoms with Crippen LogP contribution in [0.3, 0.4) is 0 Å². The summed E-state index contributed by atoms with van der Waals surface area (Å²) in [6, 6.07) is 12.6. The summed E-state index contributed by atoms with van der Waals surface area (Å²) in [5.74, 6) is 0. The number of nitrogens with zero attached hydrogens (tertiary/aromatic N) is 2. The highest BCUT2D eigenvalue weighted by Gasteiger charge is 2.11. The Morgan fingerprint density at radius 1 is 1.19 bits per heavy atom. The first kappa shape index (κ1) is 13.6. The maximum Gasteiger partial charge on any atom is 0.271 e. The highest BCUT2D eigenvalue weighted by molar-refractivity contribution is 6.30. The molecule has 0 unspecified atom stereocenters. The Morgan fingerprint density at radius 3 is 2.57 bits per heavy atom. The lowest BCUT2D eigenvalue weighted by Crippen LogP contribution is -1.98. The second kappa shape index (κ2) is 5.22. The molecule has 21 heavy (non-hydrogen) atoms. The summed E-state index contributed by atoms with van der Waals surface area (Å²) in [6.07, 6.45) is 2.02. The van der Waals surface area contributed by atoms with E-state index in [0.717, 1.165) is 22.0 Å². The molecule has 0 aliphatic carbocycles. The molecule has 4 nitrogen and oxygen atoms in total. The van der Waals surface area contributed by atoms with E-state index in [1.54, 1.807) is 18.2 Å². The van der Waals surface area contributed by atoms with Crippen LogP contribution in [-0.2, 0) is 6.54 Å². The fourth-order valence-corrected chi connectivity index (χ4v) is 2.62. The lowest BCUT2D eigenvalue weighted by atomic mass is 10.2. The molecule has 0 aliphatic heterocycles. The molecule has 0 fully saturated rings. The summed E-state index contributed by atoms with van der Waals surface area (Å²) >= 11 is 5.89. The highest BCUT2D eigenvalue weighted by atomic mass is 35.5. The molecule has 0 N–H and O–H groups in total. The van der Waals surface area contributed by atoms with Crippen LogP contribution in [0.5, 0.6) is 0 Å². The minimum atomic E-state index is -0.367. The van der Waals surface area contributed by atoms with Gasteiger partial charge in [0.15, 0.2) is 0 Å². The normalized spacial score (nSPS) is 11.0. The van der Waals surface area contributed by atoms with Crippen LogP contribution < -0.4 is 0 Å². The Hall–Kier alpha value is -2.33. The van der Waals surface area contributed by atoms with E-state index in [0.29, 0.717) is 11.6 Å². The molecular weight excluding hydrogens is 288 g/mol. The number of rotatable bonds is 3. The van der Waals surface area contributed by atoms with Crippen LogP contribution >= 0.6 is 11.6 Å². The van der Waals surface area contributed by atoms with E-state index in [9.17, 15) is 10.1 Å². The van der Waals surface area contributed by atoms with Gasteiger partial charge in [-0.15, -0.1) is 0 Å². The number of non-ortho nitro benzene ring substituents is 1. The summed E-state index contributed by atoms with van der Waals surface area (Å²) in [5.41, 5.74) is 3.19. The molecule has 0 atom stereocenters. The number of halogens is 1. The zero-order valence-corrected chi connectivity index (χ0v) is 12.2. The van der Waals surface area contributed by atoms with E-state index in [-0.39, 0.29) is 10.6 Å². The molecular formula is C16H13ClN2O2. The summed E-state index contributed by atoms with van der Waals surface area (Å²) in [5, 5.41) is 12.7. The molecule has 0 spiro atoms. The fourth-order valence-electron chi connectivity index (χ4n) is 2.49. The maximum absolute atomic E-state index is 10.9. The van der Waals surface area contributed by atoms with Gasteiger partial charge >= 0.3 is 0 Å². The Bertz CT molecular complexity index is 822. The average Bonchev–Trinajstić information content (AvgIpc) is 2.77. The van der Waals surface area contributed by atoms with Gasteiger partial charge in [0.2, 0.25) is 0 Å². The molecule has 3 rings (SSSR count). The molecule has 0 aliphatic rings. The van der Waals surface area contributed by atoms with Crippen molar-refractivity contribution in [2.75, 3.05) is 0 Å². The number of aromatic nitrogens is 1. The van der Waals surface area contributed by atoms with Crippen molar-refractivity contribution in [1.82, 2.24) is 4.57 Å². The Balaban J connectivity index is 2.07. The van der Waals surface area contributed by atoms with Gasteiger partial charge in [0, 0.05) is 35.3 Å². The third-order valence-electron chi connectivity index (χ3n) is 3.54. The van der Waals surface area contributed by atoms with E-state index in [4.69, 9.17) is 11.6 Å². The number of fused-ring (bicyclic) bond motifs is 1. The molecule has 106 valence electrons. The number of hydrogen-bond donors (Lipinski definition) is 0. The first-order chi connectivity index (χ1) is 10.0. The molecule has 2 aromatic carbocycles. The van der Waals surface area contributed by atoms with Gasteiger partial charge in [-0.05, 0) is 36.2 Å². The Labute approximate surface area is 126 Å². The van der Waals surface area contributed by atoms with Crippen LogP contribution in [0.25, 0.3) is 10.9 Å². The standard InChI is InChI=1S/C16H13ClN2O2/c1-11-9-18(10-12-2-4-13(17)5-3-12)16-8-14(19(20)21)6-7-15(11)16/h2-9H,10H2,1H3. The first-order valence-electron chi connectivity index (χ1n) is 6.53. The SMILES string of the molecule is Cc1cn(Cc2ccc(Cl)cc2)c2cc([N+](=O)[O-])ccc12. The predicted octanol–water partition coefficient (Wildman–Crippen LogP) is 4.56. The first-order valence-corrected chi connectivity index (χ1v) is 6.91. The van der Waals surface area contributed by atoms with Crippen LogP contribution in [-0.4, -0.2) is 9.49 Å². The van der Waals surface area contributed by atoms with Gasteiger partial charge in [-0.2, -0.15) is 0 Å². The Morgan fingerprint density at radius 2 is 1.90 bits per heavy atom. The summed E-state index contributed by atoms with van der Waals surface area (Å²) in [6.45, 7) is 2.66. The third-order valence-corrected chi connectivity index (χ3v) is 3.79. The molecule has 1 heterocycles. The van der Waals surface area contributed by atoms with Crippen molar-refractivity contribution in [3.05, 3.63) is 74.9 Å². The van der Waals surface area contributed by atoms with Crippen LogP contribution in [0.1, 0.15) is 11.1 Å². The van der Waals surface area contributed by atoms with Gasteiger partial charge in [0.1, 0.15) is 0 Å². The number of nitro groups is 1. The van der Waals surface area contributed by atoms with Gasteiger partial charge in [-0.3, -0.25) is 10.1 Å². The van der Waals surface area contributed by atoms with Crippen molar-refractivity contribution in [3.8, 4) is 0 Å². The van der Waals surface area contributed by atoms with E-state index in [1.165, 1.54) is 0 Å². The molecule has 0 bridgehead atoms. The number of nitro benzene ring substituents is 1. The molecule has 1 aromatic heterocycles. The highest BCUT2D eigenvalue weighted by Crippen LogP contribution is 2.26. The fraction of sp³-hybridized carbons (Fsp3) is 0.125. The van der Waals surface area contributed by atoms with E-state index >= 15 is 0 Å². The van der Waals surface area contributed by atoms with Gasteiger partial charge < -0.3 is 4.57 Å². The lowest BCUT2D eigenvalue weighted by molar-refractivity contribution is -0.384. The van der Waals surface area contributed by atoms with Gasteiger partial charge in [0.05, 0.1) is 10.4 Å². The third kappa shape index (κ3) is 2.62. The monoisotopic (exact) mass is 300 g/mol. The van der Waals surface area contributed by atoms with Crippen molar-refractivity contribution in [3.63, 3.8) is 0 Å². The van der Waals surface area contributed by atoms with Crippen molar-refractivity contribution in [2.45, 2.75) is 13.5 Å². The zero-order chi connectivity index (χ0) is 15.0. The number of aryl methyl sites for hydroxylation is 1. The van der Waals surface area contributed by atoms with Crippen LogP contribution in [0.2, 0.25) is 5.02 Å².